The van der Waals surface area contributed by atoms with E-state index in [1.165, 1.54) is 11.1 Å². The van der Waals surface area contributed by atoms with E-state index in [9.17, 15) is 4.79 Å². The van der Waals surface area contributed by atoms with Gasteiger partial charge in [0, 0.05) is 24.0 Å². The van der Waals surface area contributed by atoms with E-state index in [-0.39, 0.29) is 18.4 Å². The SMILES string of the molecule is CCOc1ccc(-c2noc(CCC(=O)Nc3c(C)cnn3C3CCCc4ccccc43)n2)cc1. The van der Waals surface area contributed by atoms with Gasteiger partial charge in [-0.1, -0.05) is 29.4 Å². The maximum atomic E-state index is 12.8. The Balaban J connectivity index is 1.23. The first-order chi connectivity index (χ1) is 17.1. The van der Waals surface area contributed by atoms with Gasteiger partial charge in [-0.2, -0.15) is 10.1 Å². The number of fused-ring (bicyclic) bond motifs is 1. The number of nitrogens with zero attached hydrogens (tertiary/aromatic N) is 4. The molecule has 5 rings (SSSR count). The predicted molar refractivity (Wildman–Crippen MR) is 132 cm³/mol. The molecule has 1 amide bonds. The Bertz CT molecular complexity index is 1310. The number of ether oxygens (including phenoxy) is 1. The largest absolute Gasteiger partial charge is 0.494 e. The van der Waals surface area contributed by atoms with E-state index in [0.717, 1.165) is 42.0 Å². The van der Waals surface area contributed by atoms with Crippen molar-refractivity contribution in [2.75, 3.05) is 11.9 Å². The van der Waals surface area contributed by atoms with Gasteiger partial charge >= 0.3 is 0 Å². The number of hydrogen-bond acceptors (Lipinski definition) is 6. The standard InChI is InChI=1S/C27H29N5O3/c1-3-34-21-13-11-20(12-14-21)26-30-25(35-31-26)16-15-24(33)29-27-18(2)17-28-32(27)23-10-6-8-19-7-4-5-9-22(19)23/h4-5,7,9,11-14,17,23H,3,6,8,10,15-16H2,1-2H3,(H,29,33). The molecule has 1 unspecified atom stereocenters. The topological polar surface area (TPSA) is 95.1 Å². The smallest absolute Gasteiger partial charge is 0.227 e. The van der Waals surface area contributed by atoms with Gasteiger partial charge in [-0.25, -0.2) is 4.68 Å². The quantitative estimate of drug-likeness (QED) is 0.382. The fourth-order valence-corrected chi connectivity index (χ4v) is 4.58. The Hall–Kier alpha value is -3.94. The van der Waals surface area contributed by atoms with Crippen LogP contribution >= 0.6 is 0 Å². The first-order valence-electron chi connectivity index (χ1n) is 12.1. The third kappa shape index (κ3) is 4.96. The lowest BCUT2D eigenvalue weighted by Gasteiger charge is -2.27. The van der Waals surface area contributed by atoms with E-state index in [2.05, 4.69) is 44.8 Å². The molecule has 0 spiro atoms. The molecule has 1 aliphatic carbocycles. The number of aromatic nitrogens is 4. The highest BCUT2D eigenvalue weighted by atomic mass is 16.5. The van der Waals surface area contributed by atoms with Crippen LogP contribution in [0.1, 0.15) is 54.8 Å². The summed E-state index contributed by atoms with van der Waals surface area (Å²) in [4.78, 5) is 17.3. The van der Waals surface area contributed by atoms with Gasteiger partial charge in [-0.15, -0.1) is 0 Å². The summed E-state index contributed by atoms with van der Waals surface area (Å²) in [5.74, 6) is 2.35. The van der Waals surface area contributed by atoms with Gasteiger partial charge in [0.1, 0.15) is 11.6 Å². The first kappa shape index (κ1) is 22.8. The predicted octanol–water partition coefficient (Wildman–Crippen LogP) is 5.14. The van der Waals surface area contributed by atoms with Crippen molar-refractivity contribution in [3.63, 3.8) is 0 Å². The number of benzene rings is 2. The fourth-order valence-electron chi connectivity index (χ4n) is 4.58. The van der Waals surface area contributed by atoms with Crippen molar-refractivity contribution < 1.29 is 14.1 Å². The highest BCUT2D eigenvalue weighted by molar-refractivity contribution is 5.90. The Labute approximate surface area is 204 Å². The van der Waals surface area contributed by atoms with Gasteiger partial charge in [0.05, 0.1) is 18.8 Å². The number of aryl methyl sites for hydroxylation is 3. The number of rotatable bonds is 8. The van der Waals surface area contributed by atoms with Gasteiger partial charge in [0.25, 0.3) is 0 Å². The lowest BCUT2D eigenvalue weighted by molar-refractivity contribution is -0.116. The summed E-state index contributed by atoms with van der Waals surface area (Å²) in [5.41, 5.74) is 4.41. The average Bonchev–Trinajstić information content (AvgIpc) is 3.50. The van der Waals surface area contributed by atoms with E-state index in [1.54, 1.807) is 0 Å². The van der Waals surface area contributed by atoms with E-state index in [0.29, 0.717) is 24.7 Å². The second-order valence-electron chi connectivity index (χ2n) is 8.74. The van der Waals surface area contributed by atoms with E-state index >= 15 is 0 Å². The van der Waals surface area contributed by atoms with Crippen molar-refractivity contribution in [1.29, 1.82) is 0 Å². The summed E-state index contributed by atoms with van der Waals surface area (Å²) in [6.07, 6.45) is 5.58. The molecule has 2 heterocycles. The maximum absolute atomic E-state index is 12.8. The molecule has 180 valence electrons. The van der Waals surface area contributed by atoms with Crippen molar-refractivity contribution in [3.05, 3.63) is 77.3 Å². The summed E-state index contributed by atoms with van der Waals surface area (Å²) in [5, 5.41) is 11.7. The van der Waals surface area contributed by atoms with E-state index in [1.807, 2.05) is 49.0 Å². The Morgan fingerprint density at radius 1 is 1.20 bits per heavy atom. The molecule has 0 saturated heterocycles. The van der Waals surface area contributed by atoms with Crippen LogP contribution in [0.15, 0.2) is 59.3 Å². The summed E-state index contributed by atoms with van der Waals surface area (Å²) >= 11 is 0. The molecule has 1 N–H and O–H groups in total. The van der Waals surface area contributed by atoms with Crippen molar-refractivity contribution >= 4 is 11.7 Å². The second kappa shape index (κ2) is 10.1. The zero-order chi connectivity index (χ0) is 24.2. The van der Waals surface area contributed by atoms with Gasteiger partial charge in [-0.05, 0) is 68.5 Å². The normalized spacial score (nSPS) is 15.0. The molecule has 0 radical (unpaired) electrons. The van der Waals surface area contributed by atoms with Crippen molar-refractivity contribution in [1.82, 2.24) is 19.9 Å². The summed E-state index contributed by atoms with van der Waals surface area (Å²) < 4.78 is 12.8. The van der Waals surface area contributed by atoms with E-state index in [4.69, 9.17) is 9.26 Å². The minimum Gasteiger partial charge on any atom is -0.494 e. The second-order valence-corrected chi connectivity index (χ2v) is 8.74. The lowest BCUT2D eigenvalue weighted by Crippen LogP contribution is -2.22. The zero-order valence-corrected chi connectivity index (χ0v) is 20.0. The molecule has 0 bridgehead atoms. The average molecular weight is 472 g/mol. The molecule has 0 aliphatic heterocycles. The van der Waals surface area contributed by atoms with Crippen LogP contribution in [0, 0.1) is 6.92 Å². The van der Waals surface area contributed by atoms with Gasteiger partial charge in [0.15, 0.2) is 0 Å². The highest BCUT2D eigenvalue weighted by Gasteiger charge is 2.25. The zero-order valence-electron chi connectivity index (χ0n) is 20.0. The number of nitrogens with one attached hydrogen (secondary N) is 1. The van der Waals surface area contributed by atoms with Gasteiger partial charge in [0.2, 0.25) is 17.6 Å². The molecule has 1 atom stereocenters. The minimum atomic E-state index is -0.111. The molecule has 35 heavy (non-hydrogen) atoms. The monoisotopic (exact) mass is 471 g/mol. The van der Waals surface area contributed by atoms with Crippen LogP contribution in [0.5, 0.6) is 5.75 Å². The van der Waals surface area contributed by atoms with Gasteiger partial charge in [-0.3, -0.25) is 4.79 Å². The highest BCUT2D eigenvalue weighted by Crippen LogP contribution is 2.35. The van der Waals surface area contributed by atoms with Crippen LogP contribution in [0.2, 0.25) is 0 Å². The first-order valence-corrected chi connectivity index (χ1v) is 12.1. The molecule has 1 aliphatic rings. The van der Waals surface area contributed by atoms with E-state index < -0.39 is 0 Å². The molecule has 2 aromatic carbocycles. The number of carbonyl (C=O) groups is 1. The number of amides is 1. The summed E-state index contributed by atoms with van der Waals surface area (Å²) in [7, 11) is 0. The molecule has 2 aromatic heterocycles. The number of hydrogen-bond donors (Lipinski definition) is 1. The van der Waals surface area contributed by atoms with Crippen molar-refractivity contribution in [3.8, 4) is 17.1 Å². The van der Waals surface area contributed by atoms with Crippen molar-refractivity contribution in [2.45, 2.75) is 52.0 Å². The molecule has 8 heteroatoms. The lowest BCUT2D eigenvalue weighted by atomic mass is 9.88. The van der Waals surface area contributed by atoms with Crippen LogP contribution in [0.3, 0.4) is 0 Å². The molecule has 0 saturated carbocycles. The number of carbonyl (C=O) groups excluding carboxylic acids is 1. The third-order valence-corrected chi connectivity index (χ3v) is 6.33. The fraction of sp³-hybridized carbons (Fsp3) is 0.333. The summed E-state index contributed by atoms with van der Waals surface area (Å²) in [6, 6.07) is 16.1. The van der Waals surface area contributed by atoms with Gasteiger partial charge < -0.3 is 14.6 Å². The van der Waals surface area contributed by atoms with Crippen LogP contribution in [-0.4, -0.2) is 32.4 Å². The molecule has 4 aromatic rings. The molecule has 0 fully saturated rings. The Morgan fingerprint density at radius 2 is 2.03 bits per heavy atom. The molecular weight excluding hydrogens is 442 g/mol. The van der Waals surface area contributed by atoms with Crippen LogP contribution in [0.4, 0.5) is 5.82 Å². The number of anilines is 1. The Kier molecular flexibility index (Phi) is 6.61. The van der Waals surface area contributed by atoms with Crippen molar-refractivity contribution in [2.24, 2.45) is 0 Å². The minimum absolute atomic E-state index is 0.111. The Morgan fingerprint density at radius 3 is 2.86 bits per heavy atom. The van der Waals surface area contributed by atoms with Crippen LogP contribution in [-0.2, 0) is 17.6 Å². The third-order valence-electron chi connectivity index (χ3n) is 6.33. The summed E-state index contributed by atoms with van der Waals surface area (Å²) in [6.45, 7) is 4.52. The molecular formula is C27H29N5O3. The molecule has 8 nitrogen and oxygen atoms in total. The maximum Gasteiger partial charge on any atom is 0.227 e. The van der Waals surface area contributed by atoms with Crippen LogP contribution in [0.25, 0.3) is 11.4 Å². The van der Waals surface area contributed by atoms with Crippen LogP contribution < -0.4 is 10.1 Å².